The molecule has 1 fully saturated rings. The Morgan fingerprint density at radius 1 is 1.09 bits per heavy atom. The molecule has 8 heteroatoms. The molecule has 34 heavy (non-hydrogen) atoms. The van der Waals surface area contributed by atoms with Crippen LogP contribution in [0, 0.1) is 6.92 Å². The van der Waals surface area contributed by atoms with E-state index in [9.17, 15) is 13.5 Å². The number of aromatic nitrogens is 1. The summed E-state index contributed by atoms with van der Waals surface area (Å²) in [6.07, 6.45) is 1.72. The zero-order valence-electron chi connectivity index (χ0n) is 20.3. The van der Waals surface area contributed by atoms with E-state index in [-0.39, 0.29) is 16.9 Å². The molecule has 1 atom stereocenters. The summed E-state index contributed by atoms with van der Waals surface area (Å²) in [4.78, 5) is 2.57. The maximum Gasteiger partial charge on any atom is 0.243 e. The summed E-state index contributed by atoms with van der Waals surface area (Å²) >= 11 is 0. The molecule has 182 valence electrons. The first kappa shape index (κ1) is 23.4. The van der Waals surface area contributed by atoms with Crippen molar-refractivity contribution < 1.29 is 18.3 Å². The Labute approximate surface area is 201 Å². The van der Waals surface area contributed by atoms with Gasteiger partial charge in [0.15, 0.2) is 0 Å². The van der Waals surface area contributed by atoms with Crippen LogP contribution in [0.3, 0.4) is 0 Å². The number of ether oxygens (including phenoxy) is 1. The lowest BCUT2D eigenvalue weighted by Gasteiger charge is -2.49. The van der Waals surface area contributed by atoms with Crippen molar-refractivity contribution >= 4 is 20.9 Å². The number of hydrogen-bond acceptors (Lipinski definition) is 5. The summed E-state index contributed by atoms with van der Waals surface area (Å²) in [7, 11) is 1.91. The van der Waals surface area contributed by atoms with Crippen LogP contribution < -0.4 is 4.74 Å². The van der Waals surface area contributed by atoms with Gasteiger partial charge in [0, 0.05) is 36.2 Å². The lowest BCUT2D eigenvalue weighted by molar-refractivity contribution is 0.103. The zero-order valence-corrected chi connectivity index (χ0v) is 21.1. The lowest BCUT2D eigenvalue weighted by Crippen LogP contribution is -2.55. The molecule has 1 aromatic heterocycles. The Balaban J connectivity index is 1.75. The Morgan fingerprint density at radius 3 is 2.38 bits per heavy atom. The SMILES string of the molecule is COc1ccc2c3c(n(C)c2c1)[C@H](CO)N(S(=O)(=O)c1ccc(C)cc1)CC31CCN(C)CC1. The normalized spacial score (nSPS) is 21.1. The topological polar surface area (TPSA) is 75.0 Å². The van der Waals surface area contributed by atoms with Gasteiger partial charge >= 0.3 is 0 Å². The van der Waals surface area contributed by atoms with Gasteiger partial charge in [-0.15, -0.1) is 0 Å². The number of fused-ring (bicyclic) bond motifs is 4. The highest BCUT2D eigenvalue weighted by molar-refractivity contribution is 7.89. The van der Waals surface area contributed by atoms with Crippen molar-refractivity contribution in [2.45, 2.75) is 36.1 Å². The molecule has 2 aliphatic heterocycles. The number of aliphatic hydroxyl groups is 1. The van der Waals surface area contributed by atoms with Crippen LogP contribution in [-0.4, -0.2) is 67.7 Å². The standard InChI is InChI=1S/C26H33N3O4S/c1-18-5-8-20(9-6-18)34(31,32)29-17-26(11-13-27(2)14-12-26)24-21-10-7-19(33-4)15-22(21)28(3)25(24)23(29)16-30/h5-10,15,23,30H,11-14,16-17H2,1-4H3/t23-/m0/s1. The van der Waals surface area contributed by atoms with E-state index < -0.39 is 16.1 Å². The van der Waals surface area contributed by atoms with E-state index in [0.29, 0.717) is 6.54 Å². The lowest BCUT2D eigenvalue weighted by atomic mass is 9.69. The van der Waals surface area contributed by atoms with E-state index >= 15 is 0 Å². The molecule has 0 unspecified atom stereocenters. The van der Waals surface area contributed by atoms with Gasteiger partial charge in [0.1, 0.15) is 5.75 Å². The van der Waals surface area contributed by atoms with Gasteiger partial charge in [-0.2, -0.15) is 4.31 Å². The molecule has 0 amide bonds. The van der Waals surface area contributed by atoms with Crippen LogP contribution in [0.25, 0.3) is 10.9 Å². The molecule has 1 saturated heterocycles. The number of rotatable bonds is 4. The highest BCUT2D eigenvalue weighted by Crippen LogP contribution is 2.51. The van der Waals surface area contributed by atoms with Crippen molar-refractivity contribution in [3.05, 3.63) is 59.3 Å². The largest absolute Gasteiger partial charge is 0.497 e. The molecule has 0 aliphatic carbocycles. The van der Waals surface area contributed by atoms with Crippen molar-refractivity contribution in [2.24, 2.45) is 7.05 Å². The summed E-state index contributed by atoms with van der Waals surface area (Å²) in [5.41, 5.74) is 3.76. The van der Waals surface area contributed by atoms with Crippen LogP contribution >= 0.6 is 0 Å². The first-order valence-corrected chi connectivity index (χ1v) is 13.2. The van der Waals surface area contributed by atoms with Gasteiger partial charge in [0.05, 0.1) is 30.2 Å². The Kier molecular flexibility index (Phi) is 5.75. The van der Waals surface area contributed by atoms with Gasteiger partial charge in [0.2, 0.25) is 10.0 Å². The summed E-state index contributed by atoms with van der Waals surface area (Å²) in [6, 6.07) is 12.4. The molecule has 3 aromatic rings. The second-order valence-electron chi connectivity index (χ2n) is 9.85. The van der Waals surface area contributed by atoms with Crippen molar-refractivity contribution in [1.29, 1.82) is 0 Å². The first-order valence-electron chi connectivity index (χ1n) is 11.8. The number of hydrogen-bond donors (Lipinski definition) is 1. The number of likely N-dealkylation sites (tertiary alicyclic amines) is 1. The van der Waals surface area contributed by atoms with Gasteiger partial charge in [-0.1, -0.05) is 17.7 Å². The predicted octanol–water partition coefficient (Wildman–Crippen LogP) is 3.20. The van der Waals surface area contributed by atoms with Gasteiger partial charge in [0.25, 0.3) is 0 Å². The van der Waals surface area contributed by atoms with Crippen LogP contribution in [-0.2, 0) is 22.5 Å². The molecule has 0 radical (unpaired) electrons. The molecule has 3 heterocycles. The van der Waals surface area contributed by atoms with Crippen LogP contribution in [0.15, 0.2) is 47.4 Å². The smallest absolute Gasteiger partial charge is 0.243 e. The highest BCUT2D eigenvalue weighted by atomic mass is 32.2. The van der Waals surface area contributed by atoms with E-state index in [1.165, 1.54) is 5.56 Å². The minimum absolute atomic E-state index is 0.267. The fraction of sp³-hybridized carbons (Fsp3) is 0.462. The van der Waals surface area contributed by atoms with Crippen LogP contribution in [0.2, 0.25) is 0 Å². The minimum Gasteiger partial charge on any atom is -0.497 e. The third-order valence-electron chi connectivity index (χ3n) is 7.85. The van der Waals surface area contributed by atoms with E-state index in [0.717, 1.165) is 53.8 Å². The molecule has 1 spiro atoms. The zero-order chi connectivity index (χ0) is 24.3. The van der Waals surface area contributed by atoms with E-state index in [1.807, 2.05) is 38.2 Å². The Bertz CT molecular complexity index is 1320. The van der Waals surface area contributed by atoms with Crippen LogP contribution in [0.5, 0.6) is 5.75 Å². The number of nitrogens with zero attached hydrogens (tertiary/aromatic N) is 3. The van der Waals surface area contributed by atoms with Gasteiger partial charge in [-0.25, -0.2) is 8.42 Å². The first-order chi connectivity index (χ1) is 16.2. The third-order valence-corrected chi connectivity index (χ3v) is 9.72. The van der Waals surface area contributed by atoms with Gasteiger partial charge in [-0.05, 0) is 69.7 Å². The number of sulfonamides is 1. The molecule has 7 nitrogen and oxygen atoms in total. The number of benzene rings is 2. The van der Waals surface area contributed by atoms with E-state index in [2.05, 4.69) is 22.6 Å². The molecule has 5 rings (SSSR count). The average Bonchev–Trinajstić information content (AvgIpc) is 3.14. The van der Waals surface area contributed by atoms with Crippen LogP contribution in [0.1, 0.15) is 35.7 Å². The third kappa shape index (κ3) is 3.47. The van der Waals surface area contributed by atoms with Gasteiger partial charge in [-0.3, -0.25) is 0 Å². The number of methoxy groups -OCH3 is 1. The summed E-state index contributed by atoms with van der Waals surface area (Å²) in [6.45, 7) is 3.82. The second kappa shape index (κ2) is 8.37. The van der Waals surface area contributed by atoms with Crippen LogP contribution in [0.4, 0.5) is 0 Å². The Morgan fingerprint density at radius 2 is 1.76 bits per heavy atom. The Hall–Kier alpha value is -2.39. The maximum absolute atomic E-state index is 14.0. The number of aliphatic hydroxyl groups excluding tert-OH is 1. The number of piperidine rings is 1. The summed E-state index contributed by atoms with van der Waals surface area (Å²) in [5.74, 6) is 0.757. The monoisotopic (exact) mass is 483 g/mol. The predicted molar refractivity (Wildman–Crippen MR) is 133 cm³/mol. The molecule has 0 saturated carbocycles. The summed E-state index contributed by atoms with van der Waals surface area (Å²) in [5, 5.41) is 11.7. The second-order valence-corrected chi connectivity index (χ2v) is 11.7. The molecular weight excluding hydrogens is 450 g/mol. The average molecular weight is 484 g/mol. The molecule has 2 aliphatic rings. The van der Waals surface area contributed by atoms with Crippen molar-refractivity contribution in [3.63, 3.8) is 0 Å². The quantitative estimate of drug-likeness (QED) is 0.617. The van der Waals surface area contributed by atoms with Gasteiger partial charge < -0.3 is 19.3 Å². The highest BCUT2D eigenvalue weighted by Gasteiger charge is 2.51. The molecular formula is C26H33N3O4S. The number of aryl methyl sites for hydroxylation is 2. The minimum atomic E-state index is -3.82. The van der Waals surface area contributed by atoms with Crippen molar-refractivity contribution in [2.75, 3.05) is 40.4 Å². The fourth-order valence-electron chi connectivity index (χ4n) is 5.86. The molecule has 0 bridgehead atoms. The molecule has 1 N–H and O–H groups in total. The summed E-state index contributed by atoms with van der Waals surface area (Å²) < 4.78 is 37.0. The fourth-order valence-corrected chi connectivity index (χ4v) is 7.53. The van der Waals surface area contributed by atoms with Crippen molar-refractivity contribution in [1.82, 2.24) is 13.8 Å². The van der Waals surface area contributed by atoms with E-state index in [1.54, 1.807) is 23.5 Å². The van der Waals surface area contributed by atoms with E-state index in [4.69, 9.17) is 4.74 Å². The molecule has 2 aromatic carbocycles. The van der Waals surface area contributed by atoms with Crippen molar-refractivity contribution in [3.8, 4) is 5.75 Å². The maximum atomic E-state index is 14.0.